The van der Waals surface area contributed by atoms with Crippen LogP contribution in [0.25, 0.3) is 0 Å². The summed E-state index contributed by atoms with van der Waals surface area (Å²) in [6.07, 6.45) is 2.29. The van der Waals surface area contributed by atoms with Crippen molar-refractivity contribution >= 4 is 0 Å². The van der Waals surface area contributed by atoms with E-state index in [1.165, 1.54) is 0 Å². The molecule has 1 N–H and O–H groups in total. The summed E-state index contributed by atoms with van der Waals surface area (Å²) < 4.78 is 10.5. The number of nitrogens with zero attached hydrogens (tertiary/aromatic N) is 2. The van der Waals surface area contributed by atoms with E-state index >= 15 is 0 Å². The highest BCUT2D eigenvalue weighted by molar-refractivity contribution is 5.37. The summed E-state index contributed by atoms with van der Waals surface area (Å²) in [5, 5.41) is 10.3. The molecule has 1 atom stereocenters. The fourth-order valence-electron chi connectivity index (χ4n) is 1.66. The lowest BCUT2D eigenvalue weighted by Gasteiger charge is -2.14. The second-order valence-electron chi connectivity index (χ2n) is 3.89. The maximum atomic E-state index is 10.3. The minimum absolute atomic E-state index is 0.352. The number of para-hydroxylation sites is 1. The Balaban J connectivity index is 2.19. The zero-order chi connectivity index (χ0) is 13.5. The maximum absolute atomic E-state index is 10.3. The van der Waals surface area contributed by atoms with Crippen LogP contribution in [0.15, 0.2) is 42.7 Å². The van der Waals surface area contributed by atoms with Crippen molar-refractivity contribution in [2.45, 2.75) is 6.10 Å². The van der Waals surface area contributed by atoms with Crippen LogP contribution in [0, 0.1) is 0 Å². The Morgan fingerprint density at radius 1 is 1.11 bits per heavy atom. The number of hydrogen-bond donors (Lipinski definition) is 1. The Morgan fingerprint density at radius 2 is 1.84 bits per heavy atom. The molecule has 0 aliphatic heterocycles. The number of methoxy groups -OCH3 is 1. The molecular weight excluding hydrogens is 244 g/mol. The van der Waals surface area contributed by atoms with E-state index in [1.807, 2.05) is 12.1 Å². The molecule has 0 aliphatic rings. The molecule has 0 saturated carbocycles. The third-order valence-corrected chi connectivity index (χ3v) is 2.59. The predicted molar refractivity (Wildman–Crippen MR) is 69.9 cm³/mol. The highest BCUT2D eigenvalue weighted by atomic mass is 16.5. The van der Waals surface area contributed by atoms with Gasteiger partial charge in [0.25, 0.3) is 0 Å². The van der Waals surface area contributed by atoms with Crippen LogP contribution < -0.4 is 4.74 Å². The van der Waals surface area contributed by atoms with Crippen molar-refractivity contribution < 1.29 is 14.6 Å². The van der Waals surface area contributed by atoms with E-state index in [-0.39, 0.29) is 0 Å². The number of rotatable bonds is 6. The normalized spacial score (nSPS) is 12.1. The van der Waals surface area contributed by atoms with E-state index in [4.69, 9.17) is 9.47 Å². The van der Waals surface area contributed by atoms with Crippen LogP contribution in [0.3, 0.4) is 0 Å². The first kappa shape index (κ1) is 13.5. The van der Waals surface area contributed by atoms with Crippen LogP contribution >= 0.6 is 0 Å². The summed E-state index contributed by atoms with van der Waals surface area (Å²) in [5.74, 6) is 0.963. The predicted octanol–water partition coefficient (Wildman–Crippen LogP) is 1.58. The molecule has 19 heavy (non-hydrogen) atoms. The van der Waals surface area contributed by atoms with Crippen LogP contribution in [0.5, 0.6) is 5.75 Å². The molecule has 0 amide bonds. The summed E-state index contributed by atoms with van der Waals surface area (Å²) in [6.45, 7) is 0.919. The molecule has 1 unspecified atom stereocenters. The van der Waals surface area contributed by atoms with E-state index in [2.05, 4.69) is 9.97 Å². The van der Waals surface area contributed by atoms with Gasteiger partial charge in [0.1, 0.15) is 18.5 Å². The summed E-state index contributed by atoms with van der Waals surface area (Å²) >= 11 is 0. The lowest BCUT2D eigenvalue weighted by Crippen LogP contribution is -2.10. The first-order chi connectivity index (χ1) is 9.33. The monoisotopic (exact) mass is 260 g/mol. The van der Waals surface area contributed by atoms with Crippen LogP contribution in [0.4, 0.5) is 0 Å². The van der Waals surface area contributed by atoms with Crippen molar-refractivity contribution in [3.63, 3.8) is 0 Å². The molecule has 5 nitrogen and oxygen atoms in total. The number of aromatic nitrogens is 2. The van der Waals surface area contributed by atoms with Crippen molar-refractivity contribution in [3.05, 3.63) is 54.1 Å². The molecule has 1 aromatic carbocycles. The molecule has 0 radical (unpaired) electrons. The summed E-state index contributed by atoms with van der Waals surface area (Å²) in [5.41, 5.74) is 0.643. The quantitative estimate of drug-likeness (QED) is 0.799. The highest BCUT2D eigenvalue weighted by Gasteiger charge is 2.17. The summed E-state index contributed by atoms with van der Waals surface area (Å²) in [7, 11) is 1.61. The van der Waals surface area contributed by atoms with Gasteiger partial charge in [-0.2, -0.15) is 0 Å². The second-order valence-corrected chi connectivity index (χ2v) is 3.89. The van der Waals surface area contributed by atoms with Gasteiger partial charge in [-0.15, -0.1) is 0 Å². The molecule has 0 aliphatic carbocycles. The van der Waals surface area contributed by atoms with Crippen LogP contribution in [0.1, 0.15) is 17.5 Å². The number of hydrogen-bond acceptors (Lipinski definition) is 5. The van der Waals surface area contributed by atoms with E-state index in [0.717, 1.165) is 0 Å². The molecule has 2 rings (SSSR count). The molecule has 1 aromatic heterocycles. The van der Waals surface area contributed by atoms with Gasteiger partial charge in [0.05, 0.1) is 6.61 Å². The minimum atomic E-state index is -0.903. The number of benzene rings is 1. The molecule has 0 saturated heterocycles. The van der Waals surface area contributed by atoms with E-state index < -0.39 is 6.10 Å². The fraction of sp³-hybridized carbons (Fsp3) is 0.286. The number of aliphatic hydroxyl groups excluding tert-OH is 1. The number of aliphatic hydroxyl groups is 1. The van der Waals surface area contributed by atoms with Gasteiger partial charge in [-0.05, 0) is 12.1 Å². The first-order valence-corrected chi connectivity index (χ1v) is 5.98. The van der Waals surface area contributed by atoms with Crippen molar-refractivity contribution in [1.29, 1.82) is 0 Å². The lowest BCUT2D eigenvalue weighted by molar-refractivity contribution is 0.142. The van der Waals surface area contributed by atoms with Crippen molar-refractivity contribution in [1.82, 2.24) is 9.97 Å². The van der Waals surface area contributed by atoms with Gasteiger partial charge in [0.15, 0.2) is 5.82 Å². The number of ether oxygens (including phenoxy) is 2. The van der Waals surface area contributed by atoms with Crippen LogP contribution in [-0.2, 0) is 4.74 Å². The third-order valence-electron chi connectivity index (χ3n) is 2.59. The van der Waals surface area contributed by atoms with Gasteiger partial charge in [-0.3, -0.25) is 0 Å². The molecular formula is C14H16N2O3. The zero-order valence-electron chi connectivity index (χ0n) is 10.7. The summed E-state index contributed by atoms with van der Waals surface area (Å²) in [6, 6.07) is 8.99. The Bertz CT molecular complexity index is 505. The Hall–Kier alpha value is -1.98. The third kappa shape index (κ3) is 3.49. The van der Waals surface area contributed by atoms with Crippen LogP contribution in [-0.4, -0.2) is 35.4 Å². The van der Waals surface area contributed by atoms with Gasteiger partial charge >= 0.3 is 0 Å². The Labute approximate surface area is 111 Å². The molecule has 0 bridgehead atoms. The van der Waals surface area contributed by atoms with Crippen LogP contribution in [0.2, 0.25) is 0 Å². The Morgan fingerprint density at radius 3 is 2.58 bits per heavy atom. The highest BCUT2D eigenvalue weighted by Crippen LogP contribution is 2.27. The van der Waals surface area contributed by atoms with Gasteiger partial charge in [0, 0.05) is 25.1 Å². The Kier molecular flexibility index (Phi) is 4.83. The molecule has 0 spiro atoms. The molecule has 1 heterocycles. The SMILES string of the molecule is COCCOc1ccccc1C(O)c1ncccn1. The standard InChI is InChI=1S/C14H16N2O3/c1-18-9-10-19-12-6-3-2-5-11(12)13(17)14-15-7-4-8-16-14/h2-8,13,17H,9-10H2,1H3. The van der Waals surface area contributed by atoms with Gasteiger partial charge < -0.3 is 14.6 Å². The average Bonchev–Trinajstić information content (AvgIpc) is 2.48. The maximum Gasteiger partial charge on any atom is 0.161 e. The second kappa shape index (κ2) is 6.82. The molecule has 0 fully saturated rings. The topological polar surface area (TPSA) is 64.5 Å². The van der Waals surface area contributed by atoms with Crippen molar-refractivity contribution in [2.75, 3.05) is 20.3 Å². The smallest absolute Gasteiger partial charge is 0.161 e. The van der Waals surface area contributed by atoms with Gasteiger partial charge in [-0.25, -0.2) is 9.97 Å². The van der Waals surface area contributed by atoms with Gasteiger partial charge in [0.2, 0.25) is 0 Å². The van der Waals surface area contributed by atoms with Gasteiger partial charge in [-0.1, -0.05) is 18.2 Å². The lowest BCUT2D eigenvalue weighted by atomic mass is 10.1. The van der Waals surface area contributed by atoms with E-state index in [0.29, 0.717) is 30.4 Å². The molecule has 5 heteroatoms. The fourth-order valence-corrected chi connectivity index (χ4v) is 1.66. The minimum Gasteiger partial charge on any atom is -0.491 e. The molecule has 100 valence electrons. The van der Waals surface area contributed by atoms with E-state index in [9.17, 15) is 5.11 Å². The van der Waals surface area contributed by atoms with Crippen molar-refractivity contribution in [2.24, 2.45) is 0 Å². The largest absolute Gasteiger partial charge is 0.491 e. The summed E-state index contributed by atoms with van der Waals surface area (Å²) in [4.78, 5) is 8.10. The molecule has 2 aromatic rings. The average molecular weight is 260 g/mol. The van der Waals surface area contributed by atoms with Crippen molar-refractivity contribution in [3.8, 4) is 5.75 Å². The van der Waals surface area contributed by atoms with E-state index in [1.54, 1.807) is 37.7 Å². The first-order valence-electron chi connectivity index (χ1n) is 5.98. The zero-order valence-corrected chi connectivity index (χ0v) is 10.7.